The van der Waals surface area contributed by atoms with Gasteiger partial charge in [0, 0.05) is 31.5 Å². The van der Waals surface area contributed by atoms with Gasteiger partial charge in [-0.2, -0.15) is 0 Å². The van der Waals surface area contributed by atoms with Crippen molar-refractivity contribution in [3.63, 3.8) is 0 Å². The molecule has 2 rings (SSSR count). The van der Waals surface area contributed by atoms with Crippen LogP contribution in [-0.4, -0.2) is 37.5 Å². The molecular weight excluding hydrogens is 245 g/mol. The Bertz CT molecular complexity index is 501. The van der Waals surface area contributed by atoms with Crippen molar-refractivity contribution in [3.05, 3.63) is 36.2 Å². The molecule has 1 heterocycles. The third-order valence-electron chi connectivity index (χ3n) is 3.05. The van der Waals surface area contributed by atoms with E-state index in [2.05, 4.69) is 17.0 Å². The average molecular weight is 263 g/mol. The molecular formula is C14H18FN3O. The Morgan fingerprint density at radius 3 is 3.05 bits per heavy atom. The number of benzene rings is 1. The molecule has 0 saturated carbocycles. The van der Waals surface area contributed by atoms with Crippen LogP contribution in [0.15, 0.2) is 29.8 Å². The number of nitrogens with one attached hydrogen (secondary N) is 1. The van der Waals surface area contributed by atoms with Gasteiger partial charge in [-0.25, -0.2) is 9.82 Å². The summed E-state index contributed by atoms with van der Waals surface area (Å²) in [5, 5.41) is 1.94. The Morgan fingerprint density at radius 2 is 2.47 bits per heavy atom. The van der Waals surface area contributed by atoms with Gasteiger partial charge in [0.25, 0.3) is 0 Å². The number of methoxy groups -OCH3 is 1. The minimum absolute atomic E-state index is 0.251. The van der Waals surface area contributed by atoms with Crippen molar-refractivity contribution in [2.24, 2.45) is 4.99 Å². The van der Waals surface area contributed by atoms with Crippen molar-refractivity contribution in [3.8, 4) is 0 Å². The molecule has 1 saturated heterocycles. The SMILES string of the molecule is C=C(c1ccc(F)cc1N=CC)N1NC[C@@H]1COC. The van der Waals surface area contributed by atoms with Crippen LogP contribution in [0.25, 0.3) is 5.70 Å². The zero-order valence-corrected chi connectivity index (χ0v) is 11.2. The molecule has 0 amide bonds. The molecule has 5 heteroatoms. The summed E-state index contributed by atoms with van der Waals surface area (Å²) in [6.07, 6.45) is 1.64. The summed E-state index contributed by atoms with van der Waals surface area (Å²) in [5.74, 6) is -0.304. The van der Waals surface area contributed by atoms with E-state index in [4.69, 9.17) is 4.74 Å². The summed E-state index contributed by atoms with van der Waals surface area (Å²) < 4.78 is 18.4. The average Bonchev–Trinajstić information content (AvgIpc) is 2.35. The van der Waals surface area contributed by atoms with Crippen molar-refractivity contribution in [1.29, 1.82) is 0 Å². The highest BCUT2D eigenvalue weighted by Gasteiger charge is 2.29. The lowest BCUT2D eigenvalue weighted by Crippen LogP contribution is -2.62. The van der Waals surface area contributed by atoms with Crippen molar-refractivity contribution >= 4 is 17.6 Å². The summed E-state index contributed by atoms with van der Waals surface area (Å²) in [6.45, 7) is 7.33. The number of ether oxygens (including phenoxy) is 1. The standard InChI is InChI=1S/C14H18FN3O/c1-4-16-14-7-11(15)5-6-13(14)10(2)18-12(8-17-18)9-19-3/h4-7,12,17H,2,8-9H2,1,3H3/t12-/m1/s1. The van der Waals surface area contributed by atoms with E-state index in [-0.39, 0.29) is 11.9 Å². The monoisotopic (exact) mass is 263 g/mol. The lowest BCUT2D eigenvalue weighted by atomic mass is 10.1. The molecule has 4 nitrogen and oxygen atoms in total. The first kappa shape index (κ1) is 13.7. The van der Waals surface area contributed by atoms with E-state index < -0.39 is 0 Å². The van der Waals surface area contributed by atoms with Gasteiger partial charge in [0.15, 0.2) is 0 Å². The third-order valence-corrected chi connectivity index (χ3v) is 3.05. The van der Waals surface area contributed by atoms with Gasteiger partial charge < -0.3 is 9.75 Å². The van der Waals surface area contributed by atoms with Gasteiger partial charge >= 0.3 is 0 Å². The molecule has 1 aliphatic rings. The van der Waals surface area contributed by atoms with Gasteiger partial charge in [0.1, 0.15) is 5.82 Å². The van der Waals surface area contributed by atoms with Crippen LogP contribution in [0.4, 0.5) is 10.1 Å². The van der Waals surface area contributed by atoms with Crippen molar-refractivity contribution < 1.29 is 9.13 Å². The normalized spacial score (nSPS) is 18.7. The smallest absolute Gasteiger partial charge is 0.125 e. The number of nitrogens with zero attached hydrogens (tertiary/aromatic N) is 2. The fourth-order valence-corrected chi connectivity index (χ4v) is 2.08. The Morgan fingerprint density at radius 1 is 1.68 bits per heavy atom. The van der Waals surface area contributed by atoms with Gasteiger partial charge in [0.05, 0.1) is 24.0 Å². The van der Waals surface area contributed by atoms with E-state index >= 15 is 0 Å². The third kappa shape index (κ3) is 2.83. The maximum atomic E-state index is 13.3. The number of aliphatic imine (C=N–C) groups is 1. The molecule has 0 aromatic heterocycles. The molecule has 1 aliphatic heterocycles. The molecule has 1 N–H and O–H groups in total. The summed E-state index contributed by atoms with van der Waals surface area (Å²) >= 11 is 0. The van der Waals surface area contributed by atoms with Crippen LogP contribution in [0.3, 0.4) is 0 Å². The first-order valence-electron chi connectivity index (χ1n) is 6.16. The summed E-state index contributed by atoms with van der Waals surface area (Å²) in [6, 6.07) is 4.77. The van der Waals surface area contributed by atoms with E-state index in [0.29, 0.717) is 12.3 Å². The van der Waals surface area contributed by atoms with E-state index in [0.717, 1.165) is 17.8 Å². The Kier molecular flexibility index (Phi) is 4.29. The van der Waals surface area contributed by atoms with Crippen LogP contribution in [-0.2, 0) is 4.74 Å². The van der Waals surface area contributed by atoms with E-state index in [1.54, 1.807) is 26.3 Å². The topological polar surface area (TPSA) is 36.9 Å². The van der Waals surface area contributed by atoms with E-state index in [1.807, 2.05) is 5.01 Å². The van der Waals surface area contributed by atoms with Crippen LogP contribution in [0, 0.1) is 5.82 Å². The highest BCUT2D eigenvalue weighted by molar-refractivity contribution is 5.75. The highest BCUT2D eigenvalue weighted by Crippen LogP contribution is 2.30. The lowest BCUT2D eigenvalue weighted by molar-refractivity contribution is 0.0291. The molecule has 1 aromatic rings. The first-order chi connectivity index (χ1) is 9.17. The molecule has 1 fully saturated rings. The van der Waals surface area contributed by atoms with Gasteiger partial charge in [-0.05, 0) is 19.1 Å². The predicted octanol–water partition coefficient (Wildman–Crippen LogP) is 2.35. The lowest BCUT2D eigenvalue weighted by Gasteiger charge is -2.44. The molecule has 0 bridgehead atoms. The second-order valence-corrected chi connectivity index (χ2v) is 4.34. The fourth-order valence-electron chi connectivity index (χ4n) is 2.08. The Balaban J connectivity index is 2.24. The van der Waals surface area contributed by atoms with E-state index in [1.165, 1.54) is 12.1 Å². The minimum Gasteiger partial charge on any atom is -0.382 e. The van der Waals surface area contributed by atoms with Crippen LogP contribution >= 0.6 is 0 Å². The molecule has 0 radical (unpaired) electrons. The van der Waals surface area contributed by atoms with Crippen LogP contribution in [0.1, 0.15) is 12.5 Å². The summed E-state index contributed by atoms with van der Waals surface area (Å²) in [5.41, 5.74) is 5.34. The number of hydrazine groups is 1. The quantitative estimate of drug-likeness (QED) is 0.829. The Hall–Kier alpha value is -1.72. The van der Waals surface area contributed by atoms with Gasteiger partial charge in [0.2, 0.25) is 0 Å². The van der Waals surface area contributed by atoms with Gasteiger partial charge in [-0.1, -0.05) is 6.58 Å². The van der Waals surface area contributed by atoms with Gasteiger partial charge in [-0.15, -0.1) is 0 Å². The number of hydrogen-bond donors (Lipinski definition) is 1. The fraction of sp³-hybridized carbons (Fsp3) is 0.357. The predicted molar refractivity (Wildman–Crippen MR) is 74.8 cm³/mol. The second-order valence-electron chi connectivity index (χ2n) is 4.34. The van der Waals surface area contributed by atoms with Crippen LogP contribution < -0.4 is 5.43 Å². The molecule has 0 spiro atoms. The van der Waals surface area contributed by atoms with Crippen molar-refractivity contribution in [2.45, 2.75) is 13.0 Å². The molecule has 0 unspecified atom stereocenters. The van der Waals surface area contributed by atoms with Crippen LogP contribution in [0.2, 0.25) is 0 Å². The first-order valence-corrected chi connectivity index (χ1v) is 6.16. The molecule has 0 aliphatic carbocycles. The highest BCUT2D eigenvalue weighted by atomic mass is 19.1. The molecule has 19 heavy (non-hydrogen) atoms. The number of rotatable bonds is 5. The molecule has 1 aromatic carbocycles. The summed E-state index contributed by atoms with van der Waals surface area (Å²) in [4.78, 5) is 4.19. The van der Waals surface area contributed by atoms with E-state index in [9.17, 15) is 4.39 Å². The van der Waals surface area contributed by atoms with Crippen molar-refractivity contribution in [1.82, 2.24) is 10.4 Å². The number of halogens is 1. The zero-order valence-electron chi connectivity index (χ0n) is 11.2. The summed E-state index contributed by atoms with van der Waals surface area (Å²) in [7, 11) is 1.67. The second kappa shape index (κ2) is 5.95. The maximum Gasteiger partial charge on any atom is 0.125 e. The van der Waals surface area contributed by atoms with Crippen molar-refractivity contribution in [2.75, 3.05) is 20.3 Å². The zero-order chi connectivity index (χ0) is 13.8. The maximum absolute atomic E-state index is 13.3. The number of hydrogen-bond acceptors (Lipinski definition) is 4. The van der Waals surface area contributed by atoms with Crippen LogP contribution in [0.5, 0.6) is 0 Å². The molecule has 102 valence electrons. The van der Waals surface area contributed by atoms with Gasteiger partial charge in [-0.3, -0.25) is 4.99 Å². The molecule has 1 atom stereocenters. The Labute approximate surface area is 112 Å². The minimum atomic E-state index is -0.304. The largest absolute Gasteiger partial charge is 0.382 e.